The molecule has 1 N–H and O–H groups in total. The molecule has 158 valence electrons. The summed E-state index contributed by atoms with van der Waals surface area (Å²) in [6, 6.07) is 5.86. The summed E-state index contributed by atoms with van der Waals surface area (Å²) in [5.41, 5.74) is 1.61. The molecule has 4 heterocycles. The Balaban J connectivity index is 0.00000150. The summed E-state index contributed by atoms with van der Waals surface area (Å²) in [4.78, 5) is 37.6. The van der Waals surface area contributed by atoms with Crippen LogP contribution in [0.3, 0.4) is 0 Å². The highest BCUT2D eigenvalue weighted by atomic mass is 35.5. The Kier molecular flexibility index (Phi) is 8.82. The molecular formula is C19H25Cl2N5O2S. The molecule has 2 saturated heterocycles. The van der Waals surface area contributed by atoms with Gasteiger partial charge in [0.25, 0.3) is 0 Å². The van der Waals surface area contributed by atoms with Crippen molar-refractivity contribution >= 4 is 48.0 Å². The highest BCUT2D eigenvalue weighted by molar-refractivity contribution is 7.13. The van der Waals surface area contributed by atoms with Crippen LogP contribution in [-0.2, 0) is 16.0 Å². The van der Waals surface area contributed by atoms with E-state index in [0.29, 0.717) is 19.5 Å². The van der Waals surface area contributed by atoms with Gasteiger partial charge in [-0.05, 0) is 25.0 Å². The summed E-state index contributed by atoms with van der Waals surface area (Å²) >= 11 is 1.51. The van der Waals surface area contributed by atoms with Gasteiger partial charge in [0.15, 0.2) is 0 Å². The zero-order valence-corrected chi connectivity index (χ0v) is 18.4. The van der Waals surface area contributed by atoms with Crippen molar-refractivity contribution in [1.29, 1.82) is 0 Å². The van der Waals surface area contributed by atoms with E-state index < -0.39 is 0 Å². The SMILES string of the molecule is Cl.Cl.O=C(Cc1csc(-c2ccccn2)n1)N1CCCC(N2CCNCC2=O)C1. The number of nitrogens with one attached hydrogen (secondary N) is 1. The van der Waals surface area contributed by atoms with Crippen molar-refractivity contribution in [3.63, 3.8) is 0 Å². The summed E-state index contributed by atoms with van der Waals surface area (Å²) in [7, 11) is 0. The minimum absolute atomic E-state index is 0. The number of nitrogens with zero attached hydrogens (tertiary/aromatic N) is 4. The molecule has 0 spiro atoms. The van der Waals surface area contributed by atoms with Gasteiger partial charge >= 0.3 is 0 Å². The Hall–Kier alpha value is -1.74. The predicted molar refractivity (Wildman–Crippen MR) is 118 cm³/mol. The van der Waals surface area contributed by atoms with Gasteiger partial charge in [-0.25, -0.2) is 4.98 Å². The van der Waals surface area contributed by atoms with E-state index in [4.69, 9.17) is 0 Å². The molecule has 4 rings (SSSR count). The first-order chi connectivity index (χ1) is 13.2. The summed E-state index contributed by atoms with van der Waals surface area (Å²) in [6.45, 7) is 3.34. The Labute approximate surface area is 186 Å². The first kappa shape index (κ1) is 23.5. The summed E-state index contributed by atoms with van der Waals surface area (Å²) in [5, 5.41) is 5.87. The number of pyridine rings is 1. The summed E-state index contributed by atoms with van der Waals surface area (Å²) < 4.78 is 0. The Bertz CT molecular complexity index is 820. The molecule has 7 nitrogen and oxygen atoms in total. The molecule has 0 aromatic carbocycles. The fourth-order valence-electron chi connectivity index (χ4n) is 3.70. The van der Waals surface area contributed by atoms with Gasteiger partial charge in [0.2, 0.25) is 11.8 Å². The van der Waals surface area contributed by atoms with Gasteiger partial charge in [-0.2, -0.15) is 0 Å². The second-order valence-electron chi connectivity index (χ2n) is 6.94. The number of piperazine rings is 1. The monoisotopic (exact) mass is 457 g/mol. The lowest BCUT2D eigenvalue weighted by Crippen LogP contribution is -2.57. The topological polar surface area (TPSA) is 78.4 Å². The first-order valence-electron chi connectivity index (χ1n) is 9.34. The van der Waals surface area contributed by atoms with E-state index in [-0.39, 0.29) is 42.7 Å². The molecule has 2 fully saturated rings. The van der Waals surface area contributed by atoms with E-state index in [2.05, 4.69) is 15.3 Å². The molecule has 0 saturated carbocycles. The first-order valence-corrected chi connectivity index (χ1v) is 10.2. The molecule has 29 heavy (non-hydrogen) atoms. The number of hydrogen-bond donors (Lipinski definition) is 1. The largest absolute Gasteiger partial charge is 0.340 e. The molecular weight excluding hydrogens is 433 g/mol. The van der Waals surface area contributed by atoms with Crippen molar-refractivity contribution in [3.8, 4) is 10.7 Å². The molecule has 0 bridgehead atoms. The standard InChI is InChI=1S/C19H23N5O2S.2ClH/c25-17(10-14-13-27-19(22-14)16-5-1-2-6-21-16)23-8-3-4-15(12-23)24-9-7-20-11-18(24)26;;/h1-2,5-6,13,15,20H,3-4,7-12H2;2*1H. The van der Waals surface area contributed by atoms with Gasteiger partial charge in [-0.15, -0.1) is 36.2 Å². The average Bonchev–Trinajstić information content (AvgIpc) is 3.17. The lowest BCUT2D eigenvalue weighted by molar-refractivity contribution is -0.140. The smallest absolute Gasteiger partial charge is 0.236 e. The van der Waals surface area contributed by atoms with Crippen molar-refractivity contribution in [3.05, 3.63) is 35.5 Å². The molecule has 2 aliphatic rings. The van der Waals surface area contributed by atoms with Crippen LogP contribution in [0, 0.1) is 0 Å². The van der Waals surface area contributed by atoms with E-state index in [9.17, 15) is 9.59 Å². The van der Waals surface area contributed by atoms with Gasteiger partial charge in [0, 0.05) is 43.8 Å². The van der Waals surface area contributed by atoms with Gasteiger partial charge in [0.1, 0.15) is 5.01 Å². The van der Waals surface area contributed by atoms with E-state index in [0.717, 1.165) is 48.9 Å². The average molecular weight is 458 g/mol. The molecule has 0 aliphatic carbocycles. The van der Waals surface area contributed by atoms with E-state index >= 15 is 0 Å². The third-order valence-electron chi connectivity index (χ3n) is 5.08. The van der Waals surface area contributed by atoms with Crippen molar-refractivity contribution in [1.82, 2.24) is 25.1 Å². The maximum atomic E-state index is 12.8. The predicted octanol–water partition coefficient (Wildman–Crippen LogP) is 2.01. The van der Waals surface area contributed by atoms with E-state index in [1.54, 1.807) is 6.20 Å². The number of rotatable bonds is 4. The van der Waals surface area contributed by atoms with Crippen molar-refractivity contribution < 1.29 is 9.59 Å². The number of aromatic nitrogens is 2. The van der Waals surface area contributed by atoms with E-state index in [1.807, 2.05) is 33.4 Å². The highest BCUT2D eigenvalue weighted by Crippen LogP contribution is 2.23. The number of amides is 2. The number of halogens is 2. The van der Waals surface area contributed by atoms with Gasteiger partial charge in [0.05, 0.1) is 24.4 Å². The van der Waals surface area contributed by atoms with Crippen LogP contribution in [-0.4, -0.2) is 70.3 Å². The Morgan fingerprint density at radius 2 is 2.14 bits per heavy atom. The number of likely N-dealkylation sites (tertiary alicyclic amines) is 1. The minimum Gasteiger partial charge on any atom is -0.340 e. The van der Waals surface area contributed by atoms with Gasteiger partial charge in [-0.3, -0.25) is 14.6 Å². The lowest BCUT2D eigenvalue weighted by Gasteiger charge is -2.41. The molecule has 1 unspecified atom stereocenters. The molecule has 2 aliphatic heterocycles. The zero-order chi connectivity index (χ0) is 18.6. The van der Waals surface area contributed by atoms with Crippen LogP contribution in [0.25, 0.3) is 10.7 Å². The Morgan fingerprint density at radius 3 is 2.90 bits per heavy atom. The number of hydrogen-bond acceptors (Lipinski definition) is 6. The minimum atomic E-state index is 0. The maximum absolute atomic E-state index is 12.8. The summed E-state index contributed by atoms with van der Waals surface area (Å²) in [5.74, 6) is 0.222. The number of thiazole rings is 1. The van der Waals surface area contributed by atoms with Crippen LogP contribution in [0.2, 0.25) is 0 Å². The zero-order valence-electron chi connectivity index (χ0n) is 16.0. The van der Waals surface area contributed by atoms with Crippen LogP contribution in [0.5, 0.6) is 0 Å². The van der Waals surface area contributed by atoms with Crippen molar-refractivity contribution in [2.45, 2.75) is 25.3 Å². The van der Waals surface area contributed by atoms with Crippen molar-refractivity contribution in [2.24, 2.45) is 0 Å². The van der Waals surface area contributed by atoms with Gasteiger partial charge in [-0.1, -0.05) is 6.07 Å². The molecule has 0 radical (unpaired) electrons. The number of carbonyl (C=O) groups is 2. The quantitative estimate of drug-likeness (QED) is 0.759. The number of carbonyl (C=O) groups excluding carboxylic acids is 2. The van der Waals surface area contributed by atoms with Gasteiger partial charge < -0.3 is 15.1 Å². The molecule has 2 amide bonds. The van der Waals surface area contributed by atoms with Crippen LogP contribution in [0.4, 0.5) is 0 Å². The van der Waals surface area contributed by atoms with Crippen LogP contribution < -0.4 is 5.32 Å². The van der Waals surface area contributed by atoms with Crippen LogP contribution in [0.1, 0.15) is 18.5 Å². The number of piperidine rings is 1. The van der Waals surface area contributed by atoms with Crippen LogP contribution >= 0.6 is 36.2 Å². The fourth-order valence-corrected chi connectivity index (χ4v) is 4.50. The molecule has 2 aromatic rings. The second-order valence-corrected chi connectivity index (χ2v) is 7.79. The Morgan fingerprint density at radius 1 is 1.28 bits per heavy atom. The molecule has 10 heteroatoms. The lowest BCUT2D eigenvalue weighted by atomic mass is 10.0. The third kappa shape index (κ3) is 5.66. The van der Waals surface area contributed by atoms with E-state index in [1.165, 1.54) is 11.3 Å². The fraction of sp³-hybridized carbons (Fsp3) is 0.474. The normalized spacial score (nSPS) is 19.3. The maximum Gasteiger partial charge on any atom is 0.236 e. The highest BCUT2D eigenvalue weighted by Gasteiger charge is 2.31. The third-order valence-corrected chi connectivity index (χ3v) is 6.00. The van der Waals surface area contributed by atoms with Crippen LogP contribution in [0.15, 0.2) is 29.8 Å². The van der Waals surface area contributed by atoms with Crippen molar-refractivity contribution in [2.75, 3.05) is 32.7 Å². The second kappa shape index (κ2) is 10.9. The summed E-state index contributed by atoms with van der Waals surface area (Å²) in [6.07, 6.45) is 3.94. The molecule has 2 aromatic heterocycles. The molecule has 1 atom stereocenters.